The topological polar surface area (TPSA) is 92.6 Å². The Hall–Kier alpha value is -3.71. The van der Waals surface area contributed by atoms with Gasteiger partial charge in [-0.1, -0.05) is 29.8 Å². The Balaban J connectivity index is 1.58. The summed E-state index contributed by atoms with van der Waals surface area (Å²) in [5.41, 5.74) is 2.71. The quantitative estimate of drug-likeness (QED) is 0.456. The number of nitrogens with one attached hydrogen (secondary N) is 1. The van der Waals surface area contributed by atoms with Crippen LogP contribution in [0.15, 0.2) is 66.7 Å². The van der Waals surface area contributed by atoms with Crippen LogP contribution in [0, 0.1) is 10.1 Å². The lowest BCUT2D eigenvalue weighted by atomic mass is 10.00. The van der Waals surface area contributed by atoms with Gasteiger partial charge in [-0.15, -0.1) is 0 Å². The Morgan fingerprint density at radius 2 is 1.81 bits per heavy atom. The number of aryl methyl sites for hydroxylation is 1. The van der Waals surface area contributed by atoms with Crippen molar-refractivity contribution in [2.24, 2.45) is 0 Å². The molecule has 3 aromatic rings. The maximum absolute atomic E-state index is 12.9. The maximum atomic E-state index is 12.9. The molecule has 7 nitrogen and oxygen atoms in total. The number of nitro groups is 1. The molecule has 31 heavy (non-hydrogen) atoms. The average Bonchev–Trinajstić information content (AvgIpc) is 2.78. The zero-order chi connectivity index (χ0) is 22.0. The summed E-state index contributed by atoms with van der Waals surface area (Å²) in [5, 5.41) is 13.9. The summed E-state index contributed by atoms with van der Waals surface area (Å²) < 4.78 is 0. The van der Waals surface area contributed by atoms with E-state index in [9.17, 15) is 19.7 Å². The number of fused-ring (bicyclic) bond motifs is 1. The summed E-state index contributed by atoms with van der Waals surface area (Å²) in [4.78, 5) is 37.7. The van der Waals surface area contributed by atoms with Gasteiger partial charge in [-0.3, -0.25) is 19.7 Å². The van der Waals surface area contributed by atoms with Crippen LogP contribution in [0.4, 0.5) is 17.1 Å². The van der Waals surface area contributed by atoms with Crippen LogP contribution in [-0.2, 0) is 6.42 Å². The third kappa shape index (κ3) is 4.27. The first-order chi connectivity index (χ1) is 14.9. The van der Waals surface area contributed by atoms with Crippen molar-refractivity contribution in [1.29, 1.82) is 0 Å². The second-order valence-electron chi connectivity index (χ2n) is 7.15. The summed E-state index contributed by atoms with van der Waals surface area (Å²) in [7, 11) is 0. The van der Waals surface area contributed by atoms with Crippen molar-refractivity contribution < 1.29 is 14.5 Å². The van der Waals surface area contributed by atoms with Gasteiger partial charge in [0.15, 0.2) is 0 Å². The summed E-state index contributed by atoms with van der Waals surface area (Å²) in [5.74, 6) is -0.608. The van der Waals surface area contributed by atoms with E-state index < -0.39 is 10.8 Å². The monoisotopic (exact) mass is 435 g/mol. The van der Waals surface area contributed by atoms with Crippen molar-refractivity contribution >= 4 is 40.5 Å². The minimum atomic E-state index is -0.579. The minimum absolute atomic E-state index is 0.0227. The van der Waals surface area contributed by atoms with Gasteiger partial charge in [0.05, 0.1) is 15.5 Å². The molecule has 0 spiro atoms. The number of halogens is 1. The van der Waals surface area contributed by atoms with Crippen LogP contribution in [0.3, 0.4) is 0 Å². The zero-order valence-electron chi connectivity index (χ0n) is 16.4. The number of nitrogens with zero attached hydrogens (tertiary/aromatic N) is 2. The predicted molar refractivity (Wildman–Crippen MR) is 119 cm³/mol. The highest BCUT2D eigenvalue weighted by Crippen LogP contribution is 2.31. The van der Waals surface area contributed by atoms with Gasteiger partial charge in [-0.25, -0.2) is 0 Å². The Kier molecular flexibility index (Phi) is 5.68. The molecule has 0 fully saturated rings. The van der Waals surface area contributed by atoms with Gasteiger partial charge in [0.1, 0.15) is 0 Å². The van der Waals surface area contributed by atoms with Crippen molar-refractivity contribution in [2.75, 3.05) is 16.8 Å². The highest BCUT2D eigenvalue weighted by molar-refractivity contribution is 6.34. The van der Waals surface area contributed by atoms with Crippen LogP contribution in [0.1, 0.15) is 32.7 Å². The molecule has 1 heterocycles. The standard InChI is InChI=1S/C23H18ClN3O4/c24-20-10-9-18(27(30)31)14-19(20)22(28)25-17-8-11-21-16(13-17)7-4-12-26(21)23(29)15-5-2-1-3-6-15/h1-3,5-6,8-11,13-14H,4,7,12H2,(H,25,28). The third-order valence-corrected chi connectivity index (χ3v) is 5.46. The summed E-state index contributed by atoms with van der Waals surface area (Å²) in [6.07, 6.45) is 1.58. The highest BCUT2D eigenvalue weighted by atomic mass is 35.5. The SMILES string of the molecule is O=C(Nc1ccc2c(c1)CCCN2C(=O)c1ccccc1)c1cc([N+](=O)[O-])ccc1Cl. The number of rotatable bonds is 4. The van der Waals surface area contributed by atoms with Crippen molar-refractivity contribution in [3.63, 3.8) is 0 Å². The van der Waals surface area contributed by atoms with Gasteiger partial charge in [0.25, 0.3) is 17.5 Å². The Morgan fingerprint density at radius 1 is 1.03 bits per heavy atom. The van der Waals surface area contributed by atoms with Gasteiger partial charge in [-0.2, -0.15) is 0 Å². The second-order valence-corrected chi connectivity index (χ2v) is 7.55. The number of anilines is 2. The van der Waals surface area contributed by atoms with Crippen LogP contribution in [0.5, 0.6) is 0 Å². The molecule has 1 N–H and O–H groups in total. The molecule has 0 atom stereocenters. The van der Waals surface area contributed by atoms with Gasteiger partial charge >= 0.3 is 0 Å². The van der Waals surface area contributed by atoms with Crippen LogP contribution >= 0.6 is 11.6 Å². The first-order valence-corrected chi connectivity index (χ1v) is 10.1. The number of nitro benzene ring substituents is 1. The van der Waals surface area contributed by atoms with Crippen LogP contribution in [-0.4, -0.2) is 23.3 Å². The van der Waals surface area contributed by atoms with E-state index in [-0.39, 0.29) is 22.2 Å². The summed E-state index contributed by atoms with van der Waals surface area (Å²) in [6.45, 7) is 0.621. The molecule has 0 bridgehead atoms. The van der Waals surface area contributed by atoms with Gasteiger partial charge in [0.2, 0.25) is 0 Å². The first-order valence-electron chi connectivity index (χ1n) is 9.69. The molecule has 0 unspecified atom stereocenters. The number of non-ortho nitro benzene ring substituents is 1. The molecule has 0 aromatic heterocycles. The van der Waals surface area contributed by atoms with Gasteiger partial charge < -0.3 is 10.2 Å². The highest BCUT2D eigenvalue weighted by Gasteiger charge is 2.24. The normalized spacial score (nSPS) is 12.7. The van der Waals surface area contributed by atoms with E-state index in [1.54, 1.807) is 29.2 Å². The fraction of sp³-hybridized carbons (Fsp3) is 0.130. The van der Waals surface area contributed by atoms with E-state index in [0.717, 1.165) is 30.2 Å². The molecule has 0 saturated carbocycles. The minimum Gasteiger partial charge on any atom is -0.322 e. The van der Waals surface area contributed by atoms with Gasteiger partial charge in [0, 0.05) is 35.6 Å². The molecule has 0 radical (unpaired) electrons. The van der Waals surface area contributed by atoms with E-state index in [1.165, 1.54) is 12.1 Å². The summed E-state index contributed by atoms with van der Waals surface area (Å²) >= 11 is 6.06. The van der Waals surface area contributed by atoms with Gasteiger partial charge in [-0.05, 0) is 54.8 Å². The molecule has 2 amide bonds. The number of hydrogen-bond acceptors (Lipinski definition) is 4. The van der Waals surface area contributed by atoms with E-state index >= 15 is 0 Å². The lowest BCUT2D eigenvalue weighted by Crippen LogP contribution is -2.35. The Bertz CT molecular complexity index is 1180. The Labute approximate surface area is 183 Å². The molecule has 8 heteroatoms. The molecule has 156 valence electrons. The molecular formula is C23H18ClN3O4. The van der Waals surface area contributed by atoms with Crippen molar-refractivity contribution in [1.82, 2.24) is 0 Å². The Morgan fingerprint density at radius 3 is 2.55 bits per heavy atom. The van der Waals surface area contributed by atoms with Crippen LogP contribution in [0.25, 0.3) is 0 Å². The summed E-state index contributed by atoms with van der Waals surface area (Å²) in [6, 6.07) is 18.2. The molecule has 0 saturated heterocycles. The number of hydrogen-bond donors (Lipinski definition) is 1. The van der Waals surface area contributed by atoms with E-state index in [1.807, 2.05) is 24.3 Å². The second kappa shape index (κ2) is 8.57. The van der Waals surface area contributed by atoms with Crippen LogP contribution in [0.2, 0.25) is 5.02 Å². The fourth-order valence-electron chi connectivity index (χ4n) is 3.62. The molecule has 1 aliphatic heterocycles. The largest absolute Gasteiger partial charge is 0.322 e. The number of benzene rings is 3. The lowest BCUT2D eigenvalue weighted by molar-refractivity contribution is -0.384. The van der Waals surface area contributed by atoms with Crippen molar-refractivity contribution in [3.8, 4) is 0 Å². The maximum Gasteiger partial charge on any atom is 0.270 e. The van der Waals surface area contributed by atoms with E-state index in [2.05, 4.69) is 5.32 Å². The molecular weight excluding hydrogens is 418 g/mol. The third-order valence-electron chi connectivity index (χ3n) is 5.13. The first kappa shape index (κ1) is 20.6. The van der Waals surface area contributed by atoms with E-state index in [4.69, 9.17) is 11.6 Å². The number of carbonyl (C=O) groups is 2. The van der Waals surface area contributed by atoms with E-state index in [0.29, 0.717) is 17.8 Å². The average molecular weight is 436 g/mol. The number of carbonyl (C=O) groups excluding carboxylic acids is 2. The van der Waals surface area contributed by atoms with Crippen LogP contribution < -0.4 is 10.2 Å². The fourth-order valence-corrected chi connectivity index (χ4v) is 3.83. The van der Waals surface area contributed by atoms with Crippen molar-refractivity contribution in [2.45, 2.75) is 12.8 Å². The smallest absolute Gasteiger partial charge is 0.270 e. The van der Waals surface area contributed by atoms with Crippen molar-refractivity contribution in [3.05, 3.63) is 98.6 Å². The lowest BCUT2D eigenvalue weighted by Gasteiger charge is -2.30. The predicted octanol–water partition coefficient (Wildman–Crippen LogP) is 5.09. The number of amides is 2. The molecule has 1 aliphatic rings. The zero-order valence-corrected chi connectivity index (χ0v) is 17.1. The molecule has 0 aliphatic carbocycles. The molecule has 3 aromatic carbocycles. The molecule has 4 rings (SSSR count).